The monoisotopic (exact) mass is 814 g/mol. The zero-order valence-electron chi connectivity index (χ0n) is 33.3. The lowest BCUT2D eigenvalue weighted by Gasteiger charge is -2.40. The number of imide groups is 1. The van der Waals surface area contributed by atoms with E-state index < -0.39 is 17.8 Å². The number of amides is 4. The Balaban J connectivity index is 0.702. The quantitative estimate of drug-likeness (QED) is 0.233. The summed E-state index contributed by atoms with van der Waals surface area (Å²) in [7, 11) is 0. The fourth-order valence-corrected chi connectivity index (χ4v) is 9.42. The molecule has 16 heteroatoms. The van der Waals surface area contributed by atoms with Gasteiger partial charge >= 0.3 is 0 Å². The minimum absolute atomic E-state index is 0.00835. The number of hydrogen-bond donors (Lipinski definition) is 2. The number of piperazine rings is 1. The number of carbonyl (C=O) groups excluding carboxylic acids is 4. The summed E-state index contributed by atoms with van der Waals surface area (Å²) in [6.07, 6.45) is 7.28. The van der Waals surface area contributed by atoms with Gasteiger partial charge < -0.3 is 24.8 Å². The van der Waals surface area contributed by atoms with Crippen molar-refractivity contribution in [3.8, 4) is 11.8 Å². The third-order valence-corrected chi connectivity index (χ3v) is 12.8. The van der Waals surface area contributed by atoms with Crippen molar-refractivity contribution in [2.24, 2.45) is 5.92 Å². The lowest BCUT2D eigenvalue weighted by molar-refractivity contribution is -0.136. The molecule has 60 heavy (non-hydrogen) atoms. The number of rotatable bonds is 9. The summed E-state index contributed by atoms with van der Waals surface area (Å²) >= 11 is 0. The minimum Gasteiger partial charge on any atom is -0.490 e. The van der Waals surface area contributed by atoms with Crippen LogP contribution in [-0.4, -0.2) is 113 Å². The van der Waals surface area contributed by atoms with E-state index in [1.165, 1.54) is 11.0 Å². The van der Waals surface area contributed by atoms with Crippen molar-refractivity contribution >= 4 is 46.0 Å². The van der Waals surface area contributed by atoms with Crippen LogP contribution in [0.5, 0.6) is 5.75 Å². The number of ether oxygens (including phenoxy) is 1. The molecule has 0 bridgehead atoms. The second kappa shape index (κ2) is 16.8. The second-order valence-electron chi connectivity index (χ2n) is 16.5. The van der Waals surface area contributed by atoms with Crippen molar-refractivity contribution in [1.29, 1.82) is 5.26 Å². The maximum atomic E-state index is 15.4. The fourth-order valence-electron chi connectivity index (χ4n) is 9.42. The Bertz CT molecular complexity index is 2350. The predicted octanol–water partition coefficient (Wildman–Crippen LogP) is 3.96. The first-order valence-corrected chi connectivity index (χ1v) is 21.0. The van der Waals surface area contributed by atoms with Crippen LogP contribution in [-0.2, 0) is 16.1 Å². The number of benzene rings is 2. The van der Waals surface area contributed by atoms with E-state index in [4.69, 9.17) is 4.74 Å². The zero-order chi connectivity index (χ0) is 41.3. The molecule has 310 valence electrons. The van der Waals surface area contributed by atoms with Gasteiger partial charge in [0.25, 0.3) is 11.8 Å². The van der Waals surface area contributed by atoms with Gasteiger partial charge in [-0.25, -0.2) is 4.39 Å². The number of carbonyl (C=O) groups is 4. The average molecular weight is 815 g/mol. The number of aromatic nitrogens is 3. The number of pyridine rings is 1. The summed E-state index contributed by atoms with van der Waals surface area (Å²) in [5, 5.41) is 24.4. The van der Waals surface area contributed by atoms with Crippen LogP contribution < -0.4 is 25.2 Å². The highest BCUT2D eigenvalue weighted by Crippen LogP contribution is 2.34. The summed E-state index contributed by atoms with van der Waals surface area (Å²) in [4.78, 5) is 62.8. The van der Waals surface area contributed by atoms with Crippen LogP contribution in [0.2, 0.25) is 0 Å². The molecule has 2 N–H and O–H groups in total. The van der Waals surface area contributed by atoms with Crippen molar-refractivity contribution < 1.29 is 28.3 Å². The van der Waals surface area contributed by atoms with E-state index in [0.29, 0.717) is 47.0 Å². The summed E-state index contributed by atoms with van der Waals surface area (Å²) in [6, 6.07) is 15.5. The van der Waals surface area contributed by atoms with Crippen molar-refractivity contribution in [2.45, 2.75) is 76.1 Å². The van der Waals surface area contributed by atoms with Gasteiger partial charge in [0, 0.05) is 82.0 Å². The van der Waals surface area contributed by atoms with E-state index in [0.717, 1.165) is 88.2 Å². The molecule has 2 aromatic heterocycles. The van der Waals surface area contributed by atoms with Crippen molar-refractivity contribution in [1.82, 2.24) is 35.6 Å². The number of fused-ring (bicyclic) bond motifs is 2. The number of piperidine rings is 2. The van der Waals surface area contributed by atoms with Crippen LogP contribution in [0.3, 0.4) is 0 Å². The van der Waals surface area contributed by atoms with E-state index in [-0.39, 0.29) is 54.8 Å². The molecule has 1 saturated carbocycles. The lowest BCUT2D eigenvalue weighted by Crippen LogP contribution is -2.52. The Kier molecular flexibility index (Phi) is 11.0. The topological polar surface area (TPSA) is 177 Å². The van der Waals surface area contributed by atoms with Gasteiger partial charge in [-0.05, 0) is 105 Å². The molecule has 4 aliphatic heterocycles. The van der Waals surface area contributed by atoms with Crippen LogP contribution >= 0.6 is 0 Å². The first-order chi connectivity index (χ1) is 29.2. The van der Waals surface area contributed by atoms with E-state index in [1.54, 1.807) is 24.4 Å². The highest BCUT2D eigenvalue weighted by molar-refractivity contribution is 6.05. The fraction of sp³-hybridized carbons (Fsp3) is 0.455. The maximum Gasteiger partial charge on any atom is 0.272 e. The van der Waals surface area contributed by atoms with Crippen LogP contribution in [0.4, 0.5) is 15.9 Å². The van der Waals surface area contributed by atoms with Crippen molar-refractivity contribution in [3.63, 3.8) is 0 Å². The first kappa shape index (κ1) is 39.3. The summed E-state index contributed by atoms with van der Waals surface area (Å²) in [5.41, 5.74) is 2.91. The highest BCUT2D eigenvalue weighted by atomic mass is 19.1. The smallest absolute Gasteiger partial charge is 0.272 e. The average Bonchev–Trinajstić information content (AvgIpc) is 3.58. The Morgan fingerprint density at radius 3 is 2.45 bits per heavy atom. The normalized spacial score (nSPS) is 22.7. The molecule has 6 heterocycles. The number of nitriles is 1. The Morgan fingerprint density at radius 1 is 0.917 bits per heavy atom. The number of nitrogens with zero attached hydrogens (tertiary/aromatic N) is 8. The van der Waals surface area contributed by atoms with Crippen LogP contribution in [0.15, 0.2) is 54.7 Å². The highest BCUT2D eigenvalue weighted by Gasteiger charge is 2.40. The van der Waals surface area contributed by atoms with Gasteiger partial charge in [-0.15, -0.1) is 10.2 Å². The number of hydrogen-bond acceptors (Lipinski definition) is 12. The Hall–Kier alpha value is -6.21. The van der Waals surface area contributed by atoms with E-state index >= 15 is 4.39 Å². The van der Waals surface area contributed by atoms with Crippen LogP contribution in [0.1, 0.15) is 83.3 Å². The summed E-state index contributed by atoms with van der Waals surface area (Å²) in [6.45, 7) is 5.81. The molecule has 4 amide bonds. The number of anilines is 2. The molecule has 1 unspecified atom stereocenters. The molecule has 3 saturated heterocycles. The molecular weight excluding hydrogens is 768 g/mol. The number of nitrogens with one attached hydrogen (secondary N) is 2. The SMILES string of the molecule is N#Cc1ccc(OC2CCC(NC(=O)c3ccc(N4CCC(CN5CCN(c6cc7c(cc6F)C(=O)N(C6CCC(=O)NC6=O)C7)CC5)CC4)nn3)CC2)c2cccnc12. The molecule has 9 rings (SSSR count). The molecule has 4 aromatic rings. The first-order valence-electron chi connectivity index (χ1n) is 21.0. The van der Waals surface area contributed by atoms with Gasteiger partial charge in [-0.3, -0.25) is 34.4 Å². The second-order valence-corrected chi connectivity index (χ2v) is 16.5. The molecule has 1 atom stereocenters. The molecule has 0 spiro atoms. The van der Waals surface area contributed by atoms with E-state index in [9.17, 15) is 24.4 Å². The van der Waals surface area contributed by atoms with Crippen molar-refractivity contribution in [2.75, 3.05) is 55.6 Å². The number of halogens is 1. The van der Waals surface area contributed by atoms with E-state index in [2.05, 4.69) is 41.7 Å². The third-order valence-electron chi connectivity index (χ3n) is 12.8. The van der Waals surface area contributed by atoms with Gasteiger partial charge in [0.1, 0.15) is 23.7 Å². The zero-order valence-corrected chi connectivity index (χ0v) is 33.3. The van der Waals surface area contributed by atoms with Gasteiger partial charge in [-0.1, -0.05) is 0 Å². The van der Waals surface area contributed by atoms with Gasteiger partial charge in [0.2, 0.25) is 11.8 Å². The Labute approximate surface area is 346 Å². The van der Waals surface area contributed by atoms with Gasteiger partial charge in [0.05, 0.1) is 22.9 Å². The molecule has 5 aliphatic rings. The van der Waals surface area contributed by atoms with Crippen LogP contribution in [0.25, 0.3) is 10.9 Å². The predicted molar refractivity (Wildman–Crippen MR) is 219 cm³/mol. The summed E-state index contributed by atoms with van der Waals surface area (Å²) in [5.74, 6) is 0.136. The molecular formula is C44H47FN10O5. The Morgan fingerprint density at radius 2 is 1.72 bits per heavy atom. The largest absolute Gasteiger partial charge is 0.490 e. The molecule has 1 aliphatic carbocycles. The summed E-state index contributed by atoms with van der Waals surface area (Å²) < 4.78 is 21.8. The lowest BCUT2D eigenvalue weighted by atomic mass is 9.92. The van der Waals surface area contributed by atoms with Crippen molar-refractivity contribution in [3.05, 3.63) is 82.9 Å². The standard InChI is InChI=1S/C44H47FN10O5/c45-34-23-33-29(26-55(44(33)59)36-9-12-40(56)49-43(36)58)22-37(34)53-20-18-52(19-21-53)25-27-13-16-54(17-14-27)39-11-8-35(50-51-39)42(57)48-30-4-6-31(7-5-30)60-38-10-3-28(24-46)41-32(38)2-1-15-47-41/h1-3,8,10-11,15,22-23,27,30-31,36H,4-7,9,12-14,16-21,25-26H2,(H,48,57)(H,49,56,58). The molecule has 15 nitrogen and oxygen atoms in total. The van der Waals surface area contributed by atoms with Crippen LogP contribution in [0, 0.1) is 23.1 Å². The minimum atomic E-state index is -0.732. The maximum absolute atomic E-state index is 15.4. The molecule has 0 radical (unpaired) electrons. The third kappa shape index (κ3) is 8.05. The molecule has 4 fully saturated rings. The molecule has 2 aromatic carbocycles. The van der Waals surface area contributed by atoms with E-state index in [1.807, 2.05) is 29.2 Å². The van der Waals surface area contributed by atoms with Gasteiger partial charge in [0.15, 0.2) is 11.5 Å². The van der Waals surface area contributed by atoms with Gasteiger partial charge in [-0.2, -0.15) is 5.26 Å².